The van der Waals surface area contributed by atoms with Gasteiger partial charge in [0, 0.05) is 29.3 Å². The Labute approximate surface area is 102 Å². The number of non-ortho nitro benzene ring substituents is 1. The van der Waals surface area contributed by atoms with Crippen LogP contribution in [0.5, 0.6) is 0 Å². The summed E-state index contributed by atoms with van der Waals surface area (Å²) in [5, 5.41) is 21.4. The van der Waals surface area contributed by atoms with Gasteiger partial charge in [0.2, 0.25) is 0 Å². The largest absolute Gasteiger partial charge is 0.351 e. The number of rotatable bonds is 4. The fourth-order valence-corrected chi connectivity index (χ4v) is 1.37. The van der Waals surface area contributed by atoms with Crippen LogP contribution < -0.4 is 5.32 Å². The second kappa shape index (κ2) is 5.82. The monoisotopic (exact) mass is 253 g/mol. The zero-order valence-electron chi connectivity index (χ0n) is 8.64. The third-order valence-electron chi connectivity index (χ3n) is 1.88. The van der Waals surface area contributed by atoms with Crippen molar-refractivity contribution in [3.63, 3.8) is 0 Å². The molecule has 1 N–H and O–H groups in total. The number of nitrogens with one attached hydrogen (secondary N) is 1. The summed E-state index contributed by atoms with van der Waals surface area (Å²) in [7, 11) is 0. The lowest BCUT2D eigenvalue weighted by atomic mass is 10.2. The molecule has 0 saturated heterocycles. The Morgan fingerprint density at radius 3 is 2.82 bits per heavy atom. The van der Waals surface area contributed by atoms with Crippen LogP contribution in [0.25, 0.3) is 0 Å². The molecule has 0 atom stereocenters. The highest BCUT2D eigenvalue weighted by molar-refractivity contribution is 6.31. The predicted molar refractivity (Wildman–Crippen MR) is 60.7 cm³/mol. The molecule has 0 saturated carbocycles. The highest BCUT2D eigenvalue weighted by atomic mass is 35.5. The van der Waals surface area contributed by atoms with E-state index in [4.69, 9.17) is 16.9 Å². The van der Waals surface area contributed by atoms with Crippen molar-refractivity contribution in [2.45, 2.75) is 6.42 Å². The second-order valence-electron chi connectivity index (χ2n) is 3.12. The van der Waals surface area contributed by atoms with Gasteiger partial charge in [-0.25, -0.2) is 0 Å². The van der Waals surface area contributed by atoms with E-state index in [1.54, 1.807) is 0 Å². The van der Waals surface area contributed by atoms with Gasteiger partial charge >= 0.3 is 0 Å². The van der Waals surface area contributed by atoms with Crippen LogP contribution in [0, 0.1) is 21.4 Å². The van der Waals surface area contributed by atoms with Crippen molar-refractivity contribution >= 4 is 23.2 Å². The third kappa shape index (κ3) is 3.74. The van der Waals surface area contributed by atoms with Crippen LogP contribution in [-0.2, 0) is 0 Å². The molecule has 0 bridgehead atoms. The SMILES string of the molecule is N#CCCNC(=O)c1cc(Cl)cc([N+](=O)[O-])c1. The summed E-state index contributed by atoms with van der Waals surface area (Å²) in [5.41, 5.74) is -0.148. The van der Waals surface area contributed by atoms with Crippen molar-refractivity contribution in [1.82, 2.24) is 5.32 Å². The van der Waals surface area contributed by atoms with Crippen molar-refractivity contribution in [3.8, 4) is 6.07 Å². The van der Waals surface area contributed by atoms with Crippen molar-refractivity contribution < 1.29 is 9.72 Å². The molecule has 0 aliphatic carbocycles. The topological polar surface area (TPSA) is 96.0 Å². The van der Waals surface area contributed by atoms with Gasteiger partial charge in [-0.15, -0.1) is 0 Å². The first-order valence-electron chi connectivity index (χ1n) is 4.64. The summed E-state index contributed by atoms with van der Waals surface area (Å²) in [6.45, 7) is 0.190. The lowest BCUT2D eigenvalue weighted by Crippen LogP contribution is -2.24. The number of nitrogens with zero attached hydrogens (tertiary/aromatic N) is 2. The van der Waals surface area contributed by atoms with Crippen molar-refractivity contribution in [2.75, 3.05) is 6.54 Å². The van der Waals surface area contributed by atoms with Gasteiger partial charge in [-0.05, 0) is 6.07 Å². The minimum Gasteiger partial charge on any atom is -0.351 e. The van der Waals surface area contributed by atoms with Crippen molar-refractivity contribution in [1.29, 1.82) is 5.26 Å². The van der Waals surface area contributed by atoms with E-state index in [1.807, 2.05) is 6.07 Å². The quantitative estimate of drug-likeness (QED) is 0.503. The van der Waals surface area contributed by atoms with E-state index in [-0.39, 0.29) is 29.2 Å². The first kappa shape index (κ1) is 12.9. The first-order valence-corrected chi connectivity index (χ1v) is 5.02. The number of nitro benzene ring substituents is 1. The molecule has 17 heavy (non-hydrogen) atoms. The summed E-state index contributed by atoms with van der Waals surface area (Å²) in [4.78, 5) is 21.5. The molecular weight excluding hydrogens is 246 g/mol. The van der Waals surface area contributed by atoms with E-state index in [0.717, 1.165) is 12.1 Å². The van der Waals surface area contributed by atoms with Gasteiger partial charge in [0.1, 0.15) is 0 Å². The molecule has 6 nitrogen and oxygen atoms in total. The zero-order chi connectivity index (χ0) is 12.8. The molecule has 0 unspecified atom stereocenters. The minimum absolute atomic E-state index is 0.0992. The van der Waals surface area contributed by atoms with E-state index >= 15 is 0 Å². The molecule has 1 rings (SSSR count). The van der Waals surface area contributed by atoms with Crippen molar-refractivity contribution in [3.05, 3.63) is 38.9 Å². The Bertz CT molecular complexity index is 496. The molecule has 0 radical (unpaired) electrons. The molecule has 7 heteroatoms. The molecule has 0 spiro atoms. The third-order valence-corrected chi connectivity index (χ3v) is 2.10. The van der Waals surface area contributed by atoms with Gasteiger partial charge < -0.3 is 5.32 Å². The fourth-order valence-electron chi connectivity index (χ4n) is 1.14. The number of halogens is 1. The van der Waals surface area contributed by atoms with Crippen molar-refractivity contribution in [2.24, 2.45) is 0 Å². The Hall–Kier alpha value is -2.13. The Morgan fingerprint density at radius 2 is 2.24 bits per heavy atom. The standard InChI is InChI=1S/C10H8ClN3O3/c11-8-4-7(5-9(6-8)14(16)17)10(15)13-3-1-2-12/h4-6H,1,3H2,(H,13,15). The van der Waals surface area contributed by atoms with Crippen LogP contribution in [0.3, 0.4) is 0 Å². The van der Waals surface area contributed by atoms with Gasteiger partial charge in [0.15, 0.2) is 0 Å². The molecule has 0 aromatic heterocycles. The number of nitriles is 1. The van der Waals surface area contributed by atoms with E-state index < -0.39 is 10.8 Å². The first-order chi connectivity index (χ1) is 8.04. The number of nitro groups is 1. The maximum Gasteiger partial charge on any atom is 0.271 e. The fraction of sp³-hybridized carbons (Fsp3) is 0.200. The summed E-state index contributed by atoms with van der Waals surface area (Å²) < 4.78 is 0. The number of benzene rings is 1. The molecule has 0 heterocycles. The molecule has 88 valence electrons. The molecule has 0 aliphatic heterocycles. The number of hydrogen-bond acceptors (Lipinski definition) is 4. The number of amides is 1. The molecule has 1 aromatic rings. The van der Waals surface area contributed by atoms with Gasteiger partial charge in [-0.1, -0.05) is 11.6 Å². The summed E-state index contributed by atoms with van der Waals surface area (Å²) in [5.74, 6) is -0.495. The lowest BCUT2D eigenvalue weighted by molar-refractivity contribution is -0.384. The summed E-state index contributed by atoms with van der Waals surface area (Å²) in [6.07, 6.45) is 0.175. The highest BCUT2D eigenvalue weighted by Gasteiger charge is 2.13. The molecule has 0 aliphatic rings. The number of carbonyl (C=O) groups excluding carboxylic acids is 1. The molecule has 1 aromatic carbocycles. The molecule has 0 fully saturated rings. The summed E-state index contributed by atoms with van der Waals surface area (Å²) in [6, 6.07) is 5.49. The minimum atomic E-state index is -0.627. The van der Waals surface area contributed by atoms with Crippen LogP contribution in [0.15, 0.2) is 18.2 Å². The van der Waals surface area contributed by atoms with Crippen LogP contribution >= 0.6 is 11.6 Å². The Kier molecular flexibility index (Phi) is 4.43. The average molecular weight is 254 g/mol. The van der Waals surface area contributed by atoms with Gasteiger partial charge in [0.05, 0.1) is 17.4 Å². The van der Waals surface area contributed by atoms with Gasteiger partial charge in [-0.2, -0.15) is 5.26 Å². The smallest absolute Gasteiger partial charge is 0.271 e. The molecule has 1 amide bonds. The number of hydrogen-bond donors (Lipinski definition) is 1. The van der Waals surface area contributed by atoms with Crippen LogP contribution in [0.2, 0.25) is 5.02 Å². The normalized spacial score (nSPS) is 9.41. The summed E-state index contributed by atoms with van der Waals surface area (Å²) >= 11 is 5.66. The predicted octanol–water partition coefficient (Wildman–Crippen LogP) is 1.89. The van der Waals surface area contributed by atoms with E-state index in [0.29, 0.717) is 0 Å². The van der Waals surface area contributed by atoms with Gasteiger partial charge in [-0.3, -0.25) is 14.9 Å². The number of carbonyl (C=O) groups is 1. The Balaban J connectivity index is 2.87. The van der Waals surface area contributed by atoms with Crippen LogP contribution in [0.1, 0.15) is 16.8 Å². The van der Waals surface area contributed by atoms with Crippen LogP contribution in [0.4, 0.5) is 5.69 Å². The van der Waals surface area contributed by atoms with E-state index in [1.165, 1.54) is 6.07 Å². The van der Waals surface area contributed by atoms with Gasteiger partial charge in [0.25, 0.3) is 11.6 Å². The van der Waals surface area contributed by atoms with Crippen LogP contribution in [-0.4, -0.2) is 17.4 Å². The maximum absolute atomic E-state index is 11.5. The average Bonchev–Trinajstić information content (AvgIpc) is 2.28. The second-order valence-corrected chi connectivity index (χ2v) is 3.56. The maximum atomic E-state index is 11.5. The highest BCUT2D eigenvalue weighted by Crippen LogP contribution is 2.20. The molecular formula is C10H8ClN3O3. The Morgan fingerprint density at radius 1 is 1.53 bits per heavy atom. The zero-order valence-corrected chi connectivity index (χ0v) is 9.40. The van der Waals surface area contributed by atoms with E-state index in [9.17, 15) is 14.9 Å². The van der Waals surface area contributed by atoms with E-state index in [2.05, 4.69) is 5.32 Å². The lowest BCUT2D eigenvalue weighted by Gasteiger charge is -2.03.